The minimum Gasteiger partial charge on any atom is -0.399 e. The van der Waals surface area contributed by atoms with Gasteiger partial charge in [-0.15, -0.1) is 0 Å². The third-order valence-corrected chi connectivity index (χ3v) is 4.18. The SMILES string of the molecule is C=CC[N@@+]1(CCC)CCC(c2ccc(N)cc2)C1. The molecule has 0 radical (unpaired) electrons. The molecule has 1 aromatic carbocycles. The maximum Gasteiger partial charge on any atom is 0.0971 e. The van der Waals surface area contributed by atoms with E-state index in [4.69, 9.17) is 5.73 Å². The van der Waals surface area contributed by atoms with Gasteiger partial charge in [0.15, 0.2) is 0 Å². The van der Waals surface area contributed by atoms with Gasteiger partial charge in [-0.2, -0.15) is 0 Å². The summed E-state index contributed by atoms with van der Waals surface area (Å²) in [7, 11) is 0. The summed E-state index contributed by atoms with van der Waals surface area (Å²) in [4.78, 5) is 0. The van der Waals surface area contributed by atoms with Crippen LogP contribution in [0.1, 0.15) is 31.2 Å². The summed E-state index contributed by atoms with van der Waals surface area (Å²) in [6.07, 6.45) is 4.63. The van der Waals surface area contributed by atoms with Gasteiger partial charge in [-0.3, -0.25) is 0 Å². The molecular weight excluding hydrogens is 220 g/mol. The van der Waals surface area contributed by atoms with E-state index in [0.29, 0.717) is 5.92 Å². The molecule has 1 aromatic rings. The van der Waals surface area contributed by atoms with E-state index < -0.39 is 0 Å². The molecule has 0 amide bonds. The summed E-state index contributed by atoms with van der Waals surface area (Å²) >= 11 is 0. The number of rotatable bonds is 5. The van der Waals surface area contributed by atoms with Crippen molar-refractivity contribution in [2.75, 3.05) is 31.9 Å². The van der Waals surface area contributed by atoms with Gasteiger partial charge >= 0.3 is 0 Å². The number of hydrogen-bond donors (Lipinski definition) is 1. The zero-order valence-corrected chi connectivity index (χ0v) is 11.4. The lowest BCUT2D eigenvalue weighted by atomic mass is 9.98. The van der Waals surface area contributed by atoms with Crippen molar-refractivity contribution in [1.82, 2.24) is 0 Å². The first kappa shape index (κ1) is 13.2. The van der Waals surface area contributed by atoms with Gasteiger partial charge in [-0.05, 0) is 30.2 Å². The van der Waals surface area contributed by atoms with Gasteiger partial charge in [0.1, 0.15) is 0 Å². The van der Waals surface area contributed by atoms with Crippen LogP contribution in [0.5, 0.6) is 0 Å². The van der Waals surface area contributed by atoms with Gasteiger partial charge < -0.3 is 10.2 Å². The van der Waals surface area contributed by atoms with Crippen molar-refractivity contribution in [2.45, 2.75) is 25.7 Å². The van der Waals surface area contributed by atoms with Gasteiger partial charge in [0.2, 0.25) is 0 Å². The van der Waals surface area contributed by atoms with Crippen LogP contribution in [-0.2, 0) is 0 Å². The summed E-state index contributed by atoms with van der Waals surface area (Å²) in [6, 6.07) is 8.44. The number of quaternary nitrogens is 1. The van der Waals surface area contributed by atoms with E-state index in [2.05, 4.69) is 31.7 Å². The minimum absolute atomic E-state index is 0.692. The maximum atomic E-state index is 5.76. The van der Waals surface area contributed by atoms with Crippen molar-refractivity contribution in [3.8, 4) is 0 Å². The Bertz CT molecular complexity index is 396. The zero-order chi connectivity index (χ0) is 13.0. The van der Waals surface area contributed by atoms with Crippen molar-refractivity contribution in [1.29, 1.82) is 0 Å². The lowest BCUT2D eigenvalue weighted by Gasteiger charge is -2.33. The van der Waals surface area contributed by atoms with Crippen molar-refractivity contribution < 1.29 is 4.48 Å². The first-order valence-electron chi connectivity index (χ1n) is 7.00. The third-order valence-electron chi connectivity index (χ3n) is 4.18. The Hall–Kier alpha value is -1.28. The molecule has 0 bridgehead atoms. The standard InChI is InChI=1S/C16H25N2/c1-3-10-18(11-4-2)12-9-15(13-18)14-5-7-16(17)8-6-14/h3,5-8,15H,1,4,9-13,17H2,2H3/q+1/t15?,18-/m1/s1. The molecule has 0 saturated carbocycles. The van der Waals surface area contributed by atoms with Crippen LogP contribution in [0.25, 0.3) is 0 Å². The predicted octanol–water partition coefficient (Wildman–Crippen LogP) is 3.17. The van der Waals surface area contributed by atoms with Crippen LogP contribution >= 0.6 is 0 Å². The highest BCUT2D eigenvalue weighted by molar-refractivity contribution is 5.40. The van der Waals surface area contributed by atoms with E-state index in [-0.39, 0.29) is 0 Å². The number of nitrogens with two attached hydrogens (primary N) is 1. The molecule has 0 aliphatic carbocycles. The quantitative estimate of drug-likeness (QED) is 0.481. The highest BCUT2D eigenvalue weighted by atomic mass is 15.4. The minimum atomic E-state index is 0.692. The molecule has 0 aromatic heterocycles. The number of hydrogen-bond acceptors (Lipinski definition) is 1. The Balaban J connectivity index is 2.10. The van der Waals surface area contributed by atoms with E-state index in [9.17, 15) is 0 Å². The number of likely N-dealkylation sites (tertiary alicyclic amines) is 1. The highest BCUT2D eigenvalue weighted by Gasteiger charge is 2.37. The van der Waals surface area contributed by atoms with Crippen LogP contribution < -0.4 is 5.73 Å². The molecule has 2 N–H and O–H groups in total. The van der Waals surface area contributed by atoms with Crippen LogP contribution in [0, 0.1) is 0 Å². The molecule has 1 aliphatic rings. The van der Waals surface area contributed by atoms with E-state index in [1.165, 1.54) is 42.5 Å². The summed E-state index contributed by atoms with van der Waals surface area (Å²) in [6.45, 7) is 11.1. The Morgan fingerprint density at radius 3 is 2.72 bits per heavy atom. The molecule has 0 spiro atoms. The molecule has 1 aliphatic heterocycles. The molecule has 2 rings (SSSR count). The Morgan fingerprint density at radius 2 is 2.11 bits per heavy atom. The number of benzene rings is 1. The molecule has 18 heavy (non-hydrogen) atoms. The lowest BCUT2D eigenvalue weighted by Crippen LogP contribution is -2.46. The number of nitrogen functional groups attached to an aromatic ring is 1. The Kier molecular flexibility index (Phi) is 4.07. The summed E-state index contributed by atoms with van der Waals surface area (Å²) in [5, 5.41) is 0. The third kappa shape index (κ3) is 2.75. The average Bonchev–Trinajstić information content (AvgIpc) is 2.75. The zero-order valence-electron chi connectivity index (χ0n) is 11.4. The monoisotopic (exact) mass is 245 g/mol. The van der Waals surface area contributed by atoms with Gasteiger partial charge in [0, 0.05) is 18.0 Å². The summed E-state index contributed by atoms with van der Waals surface area (Å²) in [5.41, 5.74) is 8.06. The Morgan fingerprint density at radius 1 is 1.39 bits per heavy atom. The first-order valence-corrected chi connectivity index (χ1v) is 7.00. The molecule has 1 heterocycles. The van der Waals surface area contributed by atoms with Gasteiger partial charge in [-0.1, -0.05) is 25.6 Å². The number of anilines is 1. The van der Waals surface area contributed by atoms with Crippen molar-refractivity contribution in [3.63, 3.8) is 0 Å². The van der Waals surface area contributed by atoms with E-state index in [1.54, 1.807) is 0 Å². The highest BCUT2D eigenvalue weighted by Crippen LogP contribution is 2.33. The van der Waals surface area contributed by atoms with Crippen LogP contribution in [0.3, 0.4) is 0 Å². The van der Waals surface area contributed by atoms with Crippen LogP contribution in [0.15, 0.2) is 36.9 Å². The van der Waals surface area contributed by atoms with E-state index in [0.717, 1.165) is 12.2 Å². The molecule has 1 saturated heterocycles. The number of nitrogens with zero attached hydrogens (tertiary/aromatic N) is 1. The normalized spacial score (nSPS) is 27.3. The maximum absolute atomic E-state index is 5.76. The summed E-state index contributed by atoms with van der Waals surface area (Å²) < 4.78 is 1.22. The van der Waals surface area contributed by atoms with Crippen molar-refractivity contribution in [2.24, 2.45) is 0 Å². The topological polar surface area (TPSA) is 26.0 Å². The smallest absolute Gasteiger partial charge is 0.0971 e. The molecule has 98 valence electrons. The molecule has 1 fully saturated rings. The van der Waals surface area contributed by atoms with Crippen LogP contribution in [0.4, 0.5) is 5.69 Å². The first-order chi connectivity index (χ1) is 8.69. The Labute approximate surface area is 111 Å². The fourth-order valence-electron chi connectivity index (χ4n) is 3.33. The molecule has 2 atom stereocenters. The molecule has 1 unspecified atom stereocenters. The summed E-state index contributed by atoms with van der Waals surface area (Å²) in [5.74, 6) is 0.692. The van der Waals surface area contributed by atoms with Gasteiger partial charge in [-0.25, -0.2) is 0 Å². The second kappa shape index (κ2) is 5.57. The molecule has 2 heteroatoms. The second-order valence-corrected chi connectivity index (χ2v) is 5.59. The van der Waals surface area contributed by atoms with Crippen molar-refractivity contribution >= 4 is 5.69 Å². The van der Waals surface area contributed by atoms with Gasteiger partial charge in [0.05, 0.1) is 26.2 Å². The largest absolute Gasteiger partial charge is 0.399 e. The lowest BCUT2D eigenvalue weighted by molar-refractivity contribution is -0.911. The van der Waals surface area contributed by atoms with Crippen LogP contribution in [-0.4, -0.2) is 30.7 Å². The average molecular weight is 245 g/mol. The van der Waals surface area contributed by atoms with Crippen LogP contribution in [0.2, 0.25) is 0 Å². The predicted molar refractivity (Wildman–Crippen MR) is 78.4 cm³/mol. The van der Waals surface area contributed by atoms with Gasteiger partial charge in [0.25, 0.3) is 0 Å². The second-order valence-electron chi connectivity index (χ2n) is 5.59. The fraction of sp³-hybridized carbons (Fsp3) is 0.500. The molecular formula is C16H25N2+. The molecule has 2 nitrogen and oxygen atoms in total. The van der Waals surface area contributed by atoms with E-state index in [1.807, 2.05) is 12.1 Å². The van der Waals surface area contributed by atoms with E-state index >= 15 is 0 Å². The fourth-order valence-corrected chi connectivity index (χ4v) is 3.33. The van der Waals surface area contributed by atoms with Crippen molar-refractivity contribution in [3.05, 3.63) is 42.5 Å².